The van der Waals surface area contributed by atoms with Crippen LogP contribution in [0.5, 0.6) is 0 Å². The Morgan fingerprint density at radius 1 is 1.11 bits per heavy atom. The highest BCUT2D eigenvalue weighted by atomic mass is 35.5. The topological polar surface area (TPSA) is 86.8 Å². The number of nitrogens with one attached hydrogen (secondary N) is 1. The van der Waals surface area contributed by atoms with Crippen molar-refractivity contribution in [1.82, 2.24) is 10.2 Å². The molecule has 7 nitrogen and oxygen atoms in total. The van der Waals surface area contributed by atoms with Gasteiger partial charge in [0.2, 0.25) is 21.8 Å². The number of alkyl halides is 3. The first-order valence-electron chi connectivity index (χ1n) is 12.3. The monoisotopic (exact) mass is 573 g/mol. The molecule has 2 aromatic carbocycles. The molecule has 1 saturated carbocycles. The Kier molecular flexibility index (Phi) is 9.69. The Balaban J connectivity index is 1.97. The molecule has 12 heteroatoms. The first kappa shape index (κ1) is 29.8. The Morgan fingerprint density at radius 3 is 2.29 bits per heavy atom. The predicted molar refractivity (Wildman–Crippen MR) is 140 cm³/mol. The van der Waals surface area contributed by atoms with E-state index in [1.165, 1.54) is 4.90 Å². The second-order valence-electron chi connectivity index (χ2n) is 9.35. The number of sulfonamides is 1. The van der Waals surface area contributed by atoms with Gasteiger partial charge in [0, 0.05) is 12.6 Å². The number of rotatable bonds is 10. The maximum absolute atomic E-state index is 13.7. The molecule has 2 aromatic rings. The van der Waals surface area contributed by atoms with Crippen LogP contribution in [0.1, 0.15) is 50.2 Å². The highest BCUT2D eigenvalue weighted by molar-refractivity contribution is 7.92. The van der Waals surface area contributed by atoms with E-state index < -0.39 is 45.9 Å². The van der Waals surface area contributed by atoms with Crippen LogP contribution >= 0.6 is 11.6 Å². The molecule has 1 aliphatic rings. The summed E-state index contributed by atoms with van der Waals surface area (Å²) >= 11 is 6.11. The number of anilines is 1. The molecule has 2 amide bonds. The lowest BCUT2D eigenvalue weighted by atomic mass is 10.1. The van der Waals surface area contributed by atoms with Crippen molar-refractivity contribution in [3.63, 3.8) is 0 Å². The third-order valence-corrected chi connectivity index (χ3v) is 7.95. The summed E-state index contributed by atoms with van der Waals surface area (Å²) < 4.78 is 66.1. The number of benzene rings is 2. The molecule has 1 N–H and O–H groups in total. The first-order chi connectivity index (χ1) is 17.8. The van der Waals surface area contributed by atoms with Gasteiger partial charge in [-0.15, -0.1) is 0 Å². The van der Waals surface area contributed by atoms with E-state index in [0.29, 0.717) is 15.9 Å². The van der Waals surface area contributed by atoms with Crippen LogP contribution in [-0.4, -0.2) is 50.0 Å². The molecule has 0 aromatic heterocycles. The largest absolute Gasteiger partial charge is 0.416 e. The van der Waals surface area contributed by atoms with Gasteiger partial charge in [0.15, 0.2) is 0 Å². The molecular formula is C26H31ClF3N3O4S. The molecule has 0 aliphatic heterocycles. The first-order valence-corrected chi connectivity index (χ1v) is 14.5. The van der Waals surface area contributed by atoms with E-state index in [0.717, 1.165) is 44.1 Å². The molecule has 0 bridgehead atoms. The zero-order valence-corrected chi connectivity index (χ0v) is 22.7. The van der Waals surface area contributed by atoms with Gasteiger partial charge in [0.1, 0.15) is 12.6 Å². The standard InChI is InChI=1S/C26H31ClF3N3O4S/c1-3-22(25(35)31-20-11-7-8-12-20)32(16-18-9-5-4-6-10-18)24(34)17-33(38(2,36)37)23-15-19(26(28,29)30)13-14-21(23)27/h4-6,9-10,13-15,20,22H,3,7-8,11-12,16-17H2,1-2H3,(H,31,35). The Hall–Kier alpha value is -2.79. The molecule has 1 unspecified atom stereocenters. The predicted octanol–water partition coefficient (Wildman–Crippen LogP) is 4.99. The van der Waals surface area contributed by atoms with Crippen molar-refractivity contribution in [2.24, 2.45) is 0 Å². The third kappa shape index (κ3) is 7.63. The molecule has 0 spiro atoms. The Bertz CT molecular complexity index is 1240. The smallest absolute Gasteiger partial charge is 0.352 e. The lowest BCUT2D eigenvalue weighted by Gasteiger charge is -2.33. The molecule has 0 radical (unpaired) electrons. The molecule has 1 atom stereocenters. The quantitative estimate of drug-likeness (QED) is 0.434. The van der Waals surface area contributed by atoms with E-state index in [4.69, 9.17) is 11.6 Å². The van der Waals surface area contributed by atoms with Gasteiger partial charge in [-0.1, -0.05) is 61.7 Å². The number of nitrogens with zero attached hydrogens (tertiary/aromatic N) is 2. The van der Waals surface area contributed by atoms with Gasteiger partial charge >= 0.3 is 6.18 Å². The van der Waals surface area contributed by atoms with E-state index in [-0.39, 0.29) is 29.9 Å². The number of amides is 2. The van der Waals surface area contributed by atoms with Crippen LogP contribution in [0.2, 0.25) is 5.02 Å². The molecule has 3 rings (SSSR count). The zero-order valence-electron chi connectivity index (χ0n) is 21.2. The van der Waals surface area contributed by atoms with Gasteiger partial charge in [0.05, 0.1) is 22.5 Å². The molecular weight excluding hydrogens is 543 g/mol. The van der Waals surface area contributed by atoms with Crippen molar-refractivity contribution in [3.05, 3.63) is 64.7 Å². The maximum atomic E-state index is 13.7. The molecule has 38 heavy (non-hydrogen) atoms. The highest BCUT2D eigenvalue weighted by Gasteiger charge is 2.35. The summed E-state index contributed by atoms with van der Waals surface area (Å²) in [5.74, 6) is -1.10. The summed E-state index contributed by atoms with van der Waals surface area (Å²) in [5.41, 5.74) is -0.877. The number of halogens is 4. The number of hydrogen-bond acceptors (Lipinski definition) is 4. The zero-order chi connectivity index (χ0) is 28.1. The normalized spacial score (nSPS) is 15.2. The van der Waals surface area contributed by atoms with Crippen LogP contribution in [0.3, 0.4) is 0 Å². The summed E-state index contributed by atoms with van der Waals surface area (Å²) in [5, 5.41) is 2.72. The van der Waals surface area contributed by atoms with Crippen LogP contribution < -0.4 is 9.62 Å². The molecule has 0 heterocycles. The van der Waals surface area contributed by atoms with E-state index in [1.807, 2.05) is 0 Å². The van der Waals surface area contributed by atoms with Crippen molar-refractivity contribution < 1.29 is 31.2 Å². The fourth-order valence-electron chi connectivity index (χ4n) is 4.54. The summed E-state index contributed by atoms with van der Waals surface area (Å²) in [7, 11) is -4.24. The average molecular weight is 574 g/mol. The summed E-state index contributed by atoms with van der Waals surface area (Å²) in [6.45, 7) is 0.909. The fraction of sp³-hybridized carbons (Fsp3) is 0.462. The van der Waals surface area contributed by atoms with Crippen molar-refractivity contribution in [2.75, 3.05) is 17.1 Å². The summed E-state index contributed by atoms with van der Waals surface area (Å²) in [4.78, 5) is 28.2. The van der Waals surface area contributed by atoms with Gasteiger partial charge in [-0.3, -0.25) is 13.9 Å². The minimum atomic E-state index is -4.75. The number of hydrogen-bond donors (Lipinski definition) is 1. The molecule has 0 saturated heterocycles. The third-order valence-electron chi connectivity index (χ3n) is 6.50. The second kappa shape index (κ2) is 12.4. The minimum absolute atomic E-state index is 0.00154. The Morgan fingerprint density at radius 2 is 1.74 bits per heavy atom. The number of carbonyl (C=O) groups excluding carboxylic acids is 2. The minimum Gasteiger partial charge on any atom is -0.352 e. The van der Waals surface area contributed by atoms with Crippen molar-refractivity contribution in [2.45, 2.75) is 63.8 Å². The highest BCUT2D eigenvalue weighted by Crippen LogP contribution is 2.36. The van der Waals surface area contributed by atoms with Crippen LogP contribution in [0, 0.1) is 0 Å². The SMILES string of the molecule is CCC(C(=O)NC1CCCC1)N(Cc1ccccc1)C(=O)CN(c1cc(C(F)(F)F)ccc1Cl)S(C)(=O)=O. The van der Waals surface area contributed by atoms with Gasteiger partial charge in [-0.05, 0) is 43.0 Å². The van der Waals surface area contributed by atoms with E-state index >= 15 is 0 Å². The summed E-state index contributed by atoms with van der Waals surface area (Å²) in [6, 6.07) is 10.2. The summed E-state index contributed by atoms with van der Waals surface area (Å²) in [6.07, 6.45) is -0.0549. The van der Waals surface area contributed by atoms with Crippen LogP contribution in [0.4, 0.5) is 18.9 Å². The van der Waals surface area contributed by atoms with Crippen molar-refractivity contribution in [1.29, 1.82) is 0 Å². The van der Waals surface area contributed by atoms with Gasteiger partial charge < -0.3 is 10.2 Å². The van der Waals surface area contributed by atoms with Crippen LogP contribution in [0.25, 0.3) is 0 Å². The van der Waals surface area contributed by atoms with Crippen molar-refractivity contribution in [3.8, 4) is 0 Å². The maximum Gasteiger partial charge on any atom is 0.416 e. The molecule has 1 aliphatic carbocycles. The van der Waals surface area contributed by atoms with E-state index in [9.17, 15) is 31.2 Å². The lowest BCUT2D eigenvalue weighted by molar-refractivity contribution is -0.140. The average Bonchev–Trinajstić information content (AvgIpc) is 3.35. The number of carbonyl (C=O) groups is 2. The van der Waals surface area contributed by atoms with Gasteiger partial charge in [0.25, 0.3) is 0 Å². The fourth-order valence-corrected chi connectivity index (χ4v) is 5.66. The molecule has 1 fully saturated rings. The second-order valence-corrected chi connectivity index (χ2v) is 11.7. The van der Waals surface area contributed by atoms with Crippen LogP contribution in [-0.2, 0) is 32.3 Å². The Labute approximate surface area is 226 Å². The van der Waals surface area contributed by atoms with E-state index in [2.05, 4.69) is 5.32 Å². The van der Waals surface area contributed by atoms with E-state index in [1.54, 1.807) is 37.3 Å². The molecule has 208 valence electrons. The van der Waals surface area contributed by atoms with Gasteiger partial charge in [-0.2, -0.15) is 13.2 Å². The van der Waals surface area contributed by atoms with Crippen LogP contribution in [0.15, 0.2) is 48.5 Å². The lowest BCUT2D eigenvalue weighted by Crippen LogP contribution is -2.53. The van der Waals surface area contributed by atoms with Crippen molar-refractivity contribution >= 4 is 39.1 Å². The van der Waals surface area contributed by atoms with Gasteiger partial charge in [-0.25, -0.2) is 8.42 Å².